The van der Waals surface area contributed by atoms with Crippen LogP contribution < -0.4 is 5.32 Å². The van der Waals surface area contributed by atoms with E-state index >= 15 is 0 Å². The van der Waals surface area contributed by atoms with E-state index in [1.54, 1.807) is 0 Å². The van der Waals surface area contributed by atoms with Gasteiger partial charge in [0.05, 0.1) is 6.10 Å². The van der Waals surface area contributed by atoms with Gasteiger partial charge in [-0.05, 0) is 38.1 Å². The molecule has 0 bridgehead atoms. The normalized spacial score (nSPS) is 52.2. The molecule has 0 spiro atoms. The van der Waals surface area contributed by atoms with E-state index in [1.165, 1.54) is 6.42 Å². The van der Waals surface area contributed by atoms with Crippen molar-refractivity contribution in [3.8, 4) is 0 Å². The molecule has 2 fully saturated rings. The molecule has 0 aromatic rings. The van der Waals surface area contributed by atoms with Crippen LogP contribution in [0.4, 0.5) is 0 Å². The van der Waals surface area contributed by atoms with Crippen LogP contribution in [0.3, 0.4) is 0 Å². The third kappa shape index (κ3) is 0.956. The van der Waals surface area contributed by atoms with Gasteiger partial charge in [0.1, 0.15) is 0 Å². The Kier molecular flexibility index (Phi) is 1.46. The predicted molar refractivity (Wildman–Crippen MR) is 39.7 cm³/mol. The molecule has 2 saturated carbocycles. The number of fused-ring (bicyclic) bond motifs is 1. The summed E-state index contributed by atoms with van der Waals surface area (Å²) < 4.78 is 0. The fourth-order valence-electron chi connectivity index (χ4n) is 2.28. The Labute approximate surface area is 61.6 Å². The molecule has 4 unspecified atom stereocenters. The first-order chi connectivity index (χ1) is 4.81. The van der Waals surface area contributed by atoms with E-state index in [1.807, 2.05) is 7.05 Å². The first kappa shape index (κ1) is 6.62. The number of hydrogen-bond acceptors (Lipinski definition) is 2. The van der Waals surface area contributed by atoms with Crippen molar-refractivity contribution < 1.29 is 5.11 Å². The molecule has 2 nitrogen and oxygen atoms in total. The van der Waals surface area contributed by atoms with Gasteiger partial charge in [-0.1, -0.05) is 0 Å². The van der Waals surface area contributed by atoms with Crippen LogP contribution in [-0.2, 0) is 0 Å². The Hall–Kier alpha value is -0.0800. The second kappa shape index (κ2) is 2.21. The standard InChI is InChI=1S/C8H15NO/c1-9-8-4-6(10)2-5-3-7(5)8/h5-10H,2-4H2,1H3. The highest BCUT2D eigenvalue weighted by Crippen LogP contribution is 2.49. The average Bonchev–Trinajstić information content (AvgIpc) is 2.64. The van der Waals surface area contributed by atoms with Crippen LogP contribution in [0.15, 0.2) is 0 Å². The molecule has 4 atom stereocenters. The van der Waals surface area contributed by atoms with Gasteiger partial charge < -0.3 is 10.4 Å². The fraction of sp³-hybridized carbons (Fsp3) is 1.00. The van der Waals surface area contributed by atoms with Crippen molar-refractivity contribution in [2.24, 2.45) is 11.8 Å². The van der Waals surface area contributed by atoms with Gasteiger partial charge in [-0.2, -0.15) is 0 Å². The van der Waals surface area contributed by atoms with Crippen LogP contribution in [0.5, 0.6) is 0 Å². The maximum Gasteiger partial charge on any atom is 0.0558 e. The summed E-state index contributed by atoms with van der Waals surface area (Å²) >= 11 is 0. The lowest BCUT2D eigenvalue weighted by atomic mass is 9.93. The highest BCUT2D eigenvalue weighted by atomic mass is 16.3. The van der Waals surface area contributed by atoms with Crippen LogP contribution in [0.25, 0.3) is 0 Å². The zero-order valence-electron chi connectivity index (χ0n) is 6.38. The highest BCUT2D eigenvalue weighted by molar-refractivity contribution is 5.00. The smallest absolute Gasteiger partial charge is 0.0558 e. The summed E-state index contributed by atoms with van der Waals surface area (Å²) in [6.07, 6.45) is 3.35. The van der Waals surface area contributed by atoms with Crippen LogP contribution in [-0.4, -0.2) is 24.3 Å². The lowest BCUT2D eigenvalue weighted by molar-refractivity contribution is 0.109. The average molecular weight is 141 g/mol. The first-order valence-corrected chi connectivity index (χ1v) is 4.16. The Morgan fingerprint density at radius 2 is 2.10 bits per heavy atom. The van der Waals surface area contributed by atoms with E-state index in [0.29, 0.717) is 6.04 Å². The van der Waals surface area contributed by atoms with Crippen LogP contribution >= 0.6 is 0 Å². The van der Waals surface area contributed by atoms with Crippen molar-refractivity contribution in [2.45, 2.75) is 31.4 Å². The van der Waals surface area contributed by atoms with Gasteiger partial charge in [-0.3, -0.25) is 0 Å². The number of hydrogen-bond donors (Lipinski definition) is 2. The van der Waals surface area contributed by atoms with Gasteiger partial charge in [0.15, 0.2) is 0 Å². The molecule has 0 aromatic heterocycles. The topological polar surface area (TPSA) is 32.3 Å². The van der Waals surface area contributed by atoms with Crippen molar-refractivity contribution in [3.63, 3.8) is 0 Å². The minimum absolute atomic E-state index is 0.0267. The molecule has 2 aliphatic rings. The van der Waals surface area contributed by atoms with Crippen LogP contribution in [0, 0.1) is 11.8 Å². The van der Waals surface area contributed by atoms with E-state index in [4.69, 9.17) is 0 Å². The van der Waals surface area contributed by atoms with Crippen molar-refractivity contribution in [3.05, 3.63) is 0 Å². The summed E-state index contributed by atoms with van der Waals surface area (Å²) in [5.41, 5.74) is 0. The summed E-state index contributed by atoms with van der Waals surface area (Å²) in [7, 11) is 2.00. The largest absolute Gasteiger partial charge is 0.393 e. The molecule has 2 rings (SSSR count). The third-order valence-corrected chi connectivity index (χ3v) is 2.97. The lowest BCUT2D eigenvalue weighted by Gasteiger charge is -2.24. The zero-order valence-corrected chi connectivity index (χ0v) is 6.38. The van der Waals surface area contributed by atoms with Gasteiger partial charge in [0.2, 0.25) is 0 Å². The van der Waals surface area contributed by atoms with Crippen molar-refractivity contribution in [2.75, 3.05) is 7.05 Å². The molecule has 0 amide bonds. The monoisotopic (exact) mass is 141 g/mol. The second-order valence-corrected chi connectivity index (χ2v) is 3.68. The molecule has 2 heteroatoms. The number of nitrogens with one attached hydrogen (secondary N) is 1. The van der Waals surface area contributed by atoms with E-state index in [2.05, 4.69) is 5.32 Å². The maximum absolute atomic E-state index is 9.37. The minimum atomic E-state index is -0.0267. The van der Waals surface area contributed by atoms with Gasteiger partial charge in [0.25, 0.3) is 0 Å². The van der Waals surface area contributed by atoms with Crippen molar-refractivity contribution in [1.82, 2.24) is 5.32 Å². The molecule has 2 N–H and O–H groups in total. The van der Waals surface area contributed by atoms with E-state index < -0.39 is 0 Å². The minimum Gasteiger partial charge on any atom is -0.393 e. The molecular weight excluding hydrogens is 126 g/mol. The summed E-state index contributed by atoms with van der Waals surface area (Å²) in [4.78, 5) is 0. The summed E-state index contributed by atoms with van der Waals surface area (Å²) in [6.45, 7) is 0. The van der Waals surface area contributed by atoms with Crippen molar-refractivity contribution in [1.29, 1.82) is 0 Å². The zero-order chi connectivity index (χ0) is 7.14. The lowest BCUT2D eigenvalue weighted by Crippen LogP contribution is -2.35. The molecule has 0 aromatic carbocycles. The molecule has 2 aliphatic carbocycles. The summed E-state index contributed by atoms with van der Waals surface area (Å²) in [5, 5.41) is 12.6. The van der Waals surface area contributed by atoms with E-state index in [0.717, 1.165) is 24.7 Å². The van der Waals surface area contributed by atoms with Crippen LogP contribution in [0.2, 0.25) is 0 Å². The predicted octanol–water partition coefficient (Wildman–Crippen LogP) is 0.365. The summed E-state index contributed by atoms with van der Waals surface area (Å²) in [5.74, 6) is 1.74. The molecule has 0 aliphatic heterocycles. The van der Waals surface area contributed by atoms with Gasteiger partial charge >= 0.3 is 0 Å². The Balaban J connectivity index is 1.96. The fourth-order valence-corrected chi connectivity index (χ4v) is 2.28. The summed E-state index contributed by atoms with van der Waals surface area (Å²) in [6, 6.07) is 0.605. The van der Waals surface area contributed by atoms with Crippen molar-refractivity contribution >= 4 is 0 Å². The Morgan fingerprint density at radius 3 is 2.80 bits per heavy atom. The number of aliphatic hydroxyl groups is 1. The van der Waals surface area contributed by atoms with Gasteiger partial charge in [0, 0.05) is 6.04 Å². The third-order valence-electron chi connectivity index (χ3n) is 2.97. The number of rotatable bonds is 1. The molecular formula is C8H15NO. The molecule has 0 saturated heterocycles. The molecule has 0 radical (unpaired) electrons. The SMILES string of the molecule is CNC1CC(O)CC2CC21. The molecule has 10 heavy (non-hydrogen) atoms. The quantitative estimate of drug-likeness (QED) is 0.553. The Morgan fingerprint density at radius 1 is 1.30 bits per heavy atom. The molecule has 0 heterocycles. The van der Waals surface area contributed by atoms with Gasteiger partial charge in [-0.25, -0.2) is 0 Å². The maximum atomic E-state index is 9.37. The molecule has 58 valence electrons. The van der Waals surface area contributed by atoms with E-state index in [-0.39, 0.29) is 6.10 Å². The number of aliphatic hydroxyl groups excluding tert-OH is 1. The van der Waals surface area contributed by atoms with Gasteiger partial charge in [-0.15, -0.1) is 0 Å². The Bertz CT molecular complexity index is 137. The highest BCUT2D eigenvalue weighted by Gasteiger charge is 2.47. The van der Waals surface area contributed by atoms with Crippen LogP contribution in [0.1, 0.15) is 19.3 Å². The second-order valence-electron chi connectivity index (χ2n) is 3.68. The van der Waals surface area contributed by atoms with E-state index in [9.17, 15) is 5.11 Å². The first-order valence-electron chi connectivity index (χ1n) is 4.16.